The van der Waals surface area contributed by atoms with E-state index in [1.165, 1.54) is 0 Å². The number of piperazine rings is 5. The Morgan fingerprint density at radius 1 is 0.468 bits per heavy atom. The number of rotatable bonds is 10. The van der Waals surface area contributed by atoms with E-state index in [0.29, 0.717) is 37.6 Å². The summed E-state index contributed by atoms with van der Waals surface area (Å²) in [6.07, 6.45) is 7.67. The predicted molar refractivity (Wildman–Crippen MR) is 294 cm³/mol. The first-order chi connectivity index (χ1) is 37.4. The Balaban J connectivity index is 0.000000161. The second kappa shape index (κ2) is 27.5. The van der Waals surface area contributed by atoms with Crippen LogP contribution in [0.3, 0.4) is 0 Å². The maximum absolute atomic E-state index is 12.3. The number of aromatic hydroxyl groups is 1. The van der Waals surface area contributed by atoms with Crippen molar-refractivity contribution >= 4 is 59.1 Å². The van der Waals surface area contributed by atoms with Crippen molar-refractivity contribution in [3.63, 3.8) is 0 Å². The van der Waals surface area contributed by atoms with Gasteiger partial charge in [-0.15, -0.1) is 0 Å². The molecule has 9 atom stereocenters. The molecule has 2 aromatic carbocycles. The molecule has 0 bridgehead atoms. The van der Waals surface area contributed by atoms with E-state index < -0.39 is 18.1 Å². The van der Waals surface area contributed by atoms with Gasteiger partial charge in [0, 0.05) is 32.5 Å². The summed E-state index contributed by atoms with van der Waals surface area (Å²) in [7, 11) is 0. The van der Waals surface area contributed by atoms with Crippen LogP contribution in [0.2, 0.25) is 0 Å². The third-order valence-electron chi connectivity index (χ3n) is 15.1. The Bertz CT molecular complexity index is 2560. The zero-order valence-electron chi connectivity index (χ0n) is 47.0. The van der Waals surface area contributed by atoms with Crippen molar-refractivity contribution in [1.82, 2.24) is 51.9 Å². The molecule has 430 valence electrons. The number of carbonyl (C=O) groups is 10. The third-order valence-corrected chi connectivity index (χ3v) is 15.1. The number of fused-ring (bicyclic) bond motifs is 3. The molecule has 10 amide bonds. The lowest BCUT2D eigenvalue weighted by molar-refractivity contribution is -0.147. The predicted octanol–water partition coefficient (Wildman–Crippen LogP) is 2.11. The molecule has 21 heteroatoms. The van der Waals surface area contributed by atoms with Gasteiger partial charge in [0.2, 0.25) is 53.2 Å². The maximum atomic E-state index is 12.3. The molecule has 9 unspecified atom stereocenters. The second-order valence-electron chi connectivity index (χ2n) is 23.0. The molecule has 8 aliphatic heterocycles. The number of phenols is 1. The van der Waals surface area contributed by atoms with E-state index in [1.54, 1.807) is 39.0 Å². The first kappa shape index (κ1) is 60.9. The van der Waals surface area contributed by atoms with Gasteiger partial charge < -0.3 is 57.0 Å². The van der Waals surface area contributed by atoms with Crippen LogP contribution in [0, 0.1) is 23.7 Å². The fourth-order valence-corrected chi connectivity index (χ4v) is 10.9. The summed E-state index contributed by atoms with van der Waals surface area (Å²) in [5, 5.41) is 28.3. The molecule has 21 nitrogen and oxygen atoms in total. The molecule has 10 rings (SSSR count). The van der Waals surface area contributed by atoms with Crippen molar-refractivity contribution < 1.29 is 53.1 Å². The molecule has 0 radical (unpaired) electrons. The van der Waals surface area contributed by atoms with E-state index in [0.717, 1.165) is 69.2 Å². The SMILES string of the molecule is C=C1NC(=O)C(C(C)C)NC1=O.CC(C)CC1NC(=O)C(C(C)C)NC1=O.CC(C)CC1NC(=O)C2CCCN2C1=O.O=C1NC(Cc2ccc(O)cc2)C(=O)N2CCCC12.O=C1NC(Cc2ccccc2)C(=O)N2CCCC12. The summed E-state index contributed by atoms with van der Waals surface area (Å²) in [5.41, 5.74) is 2.12. The van der Waals surface area contributed by atoms with Crippen molar-refractivity contribution in [2.75, 3.05) is 19.6 Å². The van der Waals surface area contributed by atoms with Crippen LogP contribution in [-0.2, 0) is 60.8 Å². The first-order valence-corrected chi connectivity index (χ1v) is 28.0. The minimum Gasteiger partial charge on any atom is -0.508 e. The smallest absolute Gasteiger partial charge is 0.267 e. The van der Waals surface area contributed by atoms with E-state index in [4.69, 9.17) is 0 Å². The van der Waals surface area contributed by atoms with Crippen LogP contribution < -0.4 is 37.2 Å². The van der Waals surface area contributed by atoms with Gasteiger partial charge in [-0.3, -0.25) is 47.9 Å². The summed E-state index contributed by atoms with van der Waals surface area (Å²) in [5.74, 6) is 0.863. The van der Waals surface area contributed by atoms with Crippen LogP contribution in [-0.4, -0.2) is 153 Å². The van der Waals surface area contributed by atoms with E-state index >= 15 is 0 Å². The molecule has 8 heterocycles. The highest BCUT2D eigenvalue weighted by Gasteiger charge is 2.45. The molecule has 8 N–H and O–H groups in total. The monoisotopic (exact) mass is 1090 g/mol. The molecule has 8 saturated heterocycles. The molecule has 8 aliphatic rings. The average molecular weight is 1100 g/mol. The van der Waals surface area contributed by atoms with Gasteiger partial charge in [-0.2, -0.15) is 0 Å². The quantitative estimate of drug-likeness (QED) is 0.160. The second-order valence-corrected chi connectivity index (χ2v) is 23.0. The van der Waals surface area contributed by atoms with Crippen molar-refractivity contribution in [2.24, 2.45) is 23.7 Å². The number of hydrogen-bond acceptors (Lipinski definition) is 11. The summed E-state index contributed by atoms with van der Waals surface area (Å²) in [4.78, 5) is 123. The number of hydrogen-bond donors (Lipinski definition) is 8. The highest BCUT2D eigenvalue weighted by atomic mass is 16.3. The van der Waals surface area contributed by atoms with Crippen LogP contribution >= 0.6 is 0 Å². The lowest BCUT2D eigenvalue weighted by atomic mass is 9.96. The fourth-order valence-electron chi connectivity index (χ4n) is 10.9. The van der Waals surface area contributed by atoms with Crippen molar-refractivity contribution in [1.29, 1.82) is 0 Å². The van der Waals surface area contributed by atoms with Gasteiger partial charge in [0.05, 0.1) is 5.70 Å². The minimum absolute atomic E-state index is 0.00744. The lowest BCUT2D eigenvalue weighted by Crippen LogP contribution is -2.63. The van der Waals surface area contributed by atoms with Gasteiger partial charge in [-0.05, 0) is 98.3 Å². The molecule has 0 spiro atoms. The van der Waals surface area contributed by atoms with Crippen molar-refractivity contribution in [3.8, 4) is 5.75 Å². The van der Waals surface area contributed by atoms with Gasteiger partial charge in [0.25, 0.3) is 5.91 Å². The zero-order chi connectivity index (χ0) is 57.8. The van der Waals surface area contributed by atoms with Gasteiger partial charge in [0.1, 0.15) is 60.1 Å². The molecule has 0 saturated carbocycles. The van der Waals surface area contributed by atoms with Gasteiger partial charge >= 0.3 is 0 Å². The van der Waals surface area contributed by atoms with Crippen LogP contribution in [0.15, 0.2) is 66.9 Å². The minimum atomic E-state index is -0.480. The topological polar surface area (TPSA) is 285 Å². The van der Waals surface area contributed by atoms with Crippen LogP contribution in [0.4, 0.5) is 0 Å². The van der Waals surface area contributed by atoms with E-state index in [2.05, 4.69) is 57.6 Å². The number of nitrogens with zero attached hydrogens (tertiary/aromatic N) is 3. The summed E-state index contributed by atoms with van der Waals surface area (Å²) in [6.45, 7) is 21.4. The van der Waals surface area contributed by atoms with E-state index in [-0.39, 0.29) is 119 Å². The average Bonchev–Trinajstić information content (AvgIpc) is 4.22. The van der Waals surface area contributed by atoms with Crippen molar-refractivity contribution in [3.05, 3.63) is 78.0 Å². The van der Waals surface area contributed by atoms with E-state index in [9.17, 15) is 53.1 Å². The number of benzene rings is 2. The molecule has 8 fully saturated rings. The zero-order valence-corrected chi connectivity index (χ0v) is 47.0. The standard InChI is InChI=1S/C14H16N2O3.C14H16N2O2.C11H18N2O2.C11H20N2O2.C8H12N2O2/c17-10-5-3-9(4-6-10)8-11-14(19)16-7-1-2-12(16)13(18)15-11;17-13-12-7-4-8-16(12)14(18)11(15-13)9-10-5-2-1-3-6-10;1-7(2)6-8-11(15)13-5-3-4-9(13)10(14)12-8;1-6(2)5-8-10(14)13-9(7(3)4)11(15)12-8;1-4(2)6-8(12)9-5(3)7(11)10-6/h3-6,11-12,17H,1-2,7-8H2,(H,15,18);1-3,5-6,11-12H,4,7-9H2,(H,15,17);7-9H,3-6H2,1-2H3,(H,12,14);6-9H,5H2,1-4H3,(H,12,15)(H,13,14);4,6H,3H2,1-2H3,(H,9,12)(H,10,11). The highest BCUT2D eigenvalue weighted by molar-refractivity contribution is 6.04. The number of carbonyl (C=O) groups excluding carboxylic acids is 10. The van der Waals surface area contributed by atoms with Gasteiger partial charge in [0.15, 0.2) is 0 Å². The largest absolute Gasteiger partial charge is 0.508 e. The number of amides is 10. The molecule has 0 aromatic heterocycles. The number of nitrogens with one attached hydrogen (secondary N) is 7. The third kappa shape index (κ3) is 15.9. The normalized spacial score (nSPS) is 27.0. The molecular weight excluding hydrogens is 1010 g/mol. The molecule has 0 aliphatic carbocycles. The first-order valence-electron chi connectivity index (χ1n) is 28.0. The summed E-state index contributed by atoms with van der Waals surface area (Å²) >= 11 is 0. The highest BCUT2D eigenvalue weighted by Crippen LogP contribution is 2.26. The van der Waals surface area contributed by atoms with E-state index in [1.807, 2.05) is 71.9 Å². The van der Waals surface area contributed by atoms with Crippen LogP contribution in [0.1, 0.15) is 118 Å². The Morgan fingerprint density at radius 3 is 1.30 bits per heavy atom. The summed E-state index contributed by atoms with van der Waals surface area (Å²) < 4.78 is 0. The van der Waals surface area contributed by atoms with Crippen LogP contribution in [0.25, 0.3) is 0 Å². The van der Waals surface area contributed by atoms with Gasteiger partial charge in [-0.25, -0.2) is 0 Å². The molecule has 79 heavy (non-hydrogen) atoms. The van der Waals surface area contributed by atoms with Gasteiger partial charge in [-0.1, -0.05) is 104 Å². The van der Waals surface area contributed by atoms with Crippen molar-refractivity contribution in [2.45, 2.75) is 174 Å². The Morgan fingerprint density at radius 2 is 0.861 bits per heavy atom. The lowest BCUT2D eigenvalue weighted by Gasteiger charge is -2.35. The molecular formula is C58H82N10O11. The maximum Gasteiger partial charge on any atom is 0.267 e. The Labute approximate surface area is 463 Å². The Kier molecular flexibility index (Phi) is 21.2. The fraction of sp³-hybridized carbons (Fsp3) is 0.586. The Hall–Kier alpha value is -7.32. The molecule has 2 aromatic rings. The summed E-state index contributed by atoms with van der Waals surface area (Å²) in [6, 6.07) is 13.5. The van der Waals surface area contributed by atoms with Crippen LogP contribution in [0.5, 0.6) is 5.75 Å². The number of phenolic OH excluding ortho intramolecular Hbond substituents is 1.